The van der Waals surface area contributed by atoms with Gasteiger partial charge in [-0.3, -0.25) is 9.59 Å². The molecule has 0 bridgehead atoms. The maximum Gasteiger partial charge on any atom is 0.333 e. The number of carbonyl (C=O) groups is 4. The number of rotatable bonds is 8. The van der Waals surface area contributed by atoms with Crippen molar-refractivity contribution >= 4 is 29.1 Å². The molecule has 0 spiro atoms. The summed E-state index contributed by atoms with van der Waals surface area (Å²) in [6, 6.07) is 6.43. The van der Waals surface area contributed by atoms with Crippen LogP contribution >= 0.6 is 0 Å². The van der Waals surface area contributed by atoms with Crippen molar-refractivity contribution in [2.24, 2.45) is 5.41 Å². The molecule has 0 aliphatic heterocycles. The van der Waals surface area contributed by atoms with Gasteiger partial charge in [-0.05, 0) is 26.7 Å². The first kappa shape index (κ1) is 22.3. The number of ketones is 3. The van der Waals surface area contributed by atoms with Crippen LogP contribution in [0.15, 0.2) is 41.5 Å². The molecular weight excluding hydrogens is 372 g/mol. The van der Waals surface area contributed by atoms with Gasteiger partial charge in [-0.15, -0.1) is 0 Å². The minimum Gasteiger partial charge on any atom is -0.507 e. The number of aliphatic hydroxyl groups excluding tert-OH is 1. The molecule has 1 aromatic carbocycles. The fourth-order valence-electron chi connectivity index (χ4n) is 3.06. The number of hydrogen-bond acceptors (Lipinski definition) is 6. The summed E-state index contributed by atoms with van der Waals surface area (Å²) in [7, 11) is 0. The molecule has 0 fully saturated rings. The summed E-state index contributed by atoms with van der Waals surface area (Å²) in [5, 5.41) is 10.5. The molecule has 0 unspecified atom stereocenters. The zero-order valence-electron chi connectivity index (χ0n) is 17.2. The lowest BCUT2D eigenvalue weighted by Gasteiger charge is -2.27. The van der Waals surface area contributed by atoms with Crippen LogP contribution in [0.1, 0.15) is 62.9 Å². The summed E-state index contributed by atoms with van der Waals surface area (Å²) >= 11 is 0. The third kappa shape index (κ3) is 5.50. The van der Waals surface area contributed by atoms with Crippen molar-refractivity contribution in [2.45, 2.75) is 47.0 Å². The monoisotopic (exact) mass is 398 g/mol. The zero-order chi connectivity index (χ0) is 21.8. The SMILES string of the molecule is CC(=O)CC/C=C(\C)C(=O)OCC(C)(C)CC1=C(O)c2ccccc2C(=O)C1=O. The molecule has 0 saturated carbocycles. The van der Waals surface area contributed by atoms with Crippen LogP contribution in [0, 0.1) is 5.41 Å². The maximum absolute atomic E-state index is 12.5. The highest BCUT2D eigenvalue weighted by Gasteiger charge is 2.36. The van der Waals surface area contributed by atoms with Gasteiger partial charge in [0.05, 0.1) is 6.61 Å². The fraction of sp³-hybridized carbons (Fsp3) is 0.391. The summed E-state index contributed by atoms with van der Waals surface area (Å²) in [6.07, 6.45) is 2.57. The standard InChI is InChI=1S/C23H26O6/c1-14(8-7-9-15(2)24)22(28)29-13-23(3,4)12-18-19(25)16-10-5-6-11-17(16)20(26)21(18)27/h5-6,8,10-11,25H,7,9,12-13H2,1-4H3/b14-8+. The van der Waals surface area contributed by atoms with Gasteiger partial charge in [0.25, 0.3) is 0 Å². The number of benzene rings is 1. The largest absolute Gasteiger partial charge is 0.507 e. The van der Waals surface area contributed by atoms with Crippen LogP contribution in [0.4, 0.5) is 0 Å². The number of esters is 1. The van der Waals surface area contributed by atoms with E-state index in [1.165, 1.54) is 13.0 Å². The van der Waals surface area contributed by atoms with Gasteiger partial charge in [-0.2, -0.15) is 0 Å². The Kier molecular flexibility index (Phi) is 6.90. The number of ether oxygens (including phenoxy) is 1. The Morgan fingerprint density at radius 1 is 1.07 bits per heavy atom. The molecule has 2 rings (SSSR count). The van der Waals surface area contributed by atoms with Gasteiger partial charge in [-0.25, -0.2) is 4.79 Å². The first-order chi connectivity index (χ1) is 13.5. The van der Waals surface area contributed by atoms with E-state index in [0.717, 1.165) is 0 Å². The molecule has 1 aliphatic carbocycles. The van der Waals surface area contributed by atoms with Crippen LogP contribution < -0.4 is 0 Å². The van der Waals surface area contributed by atoms with Gasteiger partial charge < -0.3 is 14.6 Å². The number of fused-ring (bicyclic) bond motifs is 1. The van der Waals surface area contributed by atoms with E-state index in [4.69, 9.17) is 4.74 Å². The van der Waals surface area contributed by atoms with Gasteiger partial charge in [0.2, 0.25) is 11.6 Å². The number of hydrogen-bond donors (Lipinski definition) is 1. The maximum atomic E-state index is 12.5. The minimum atomic E-state index is -0.735. The fourth-order valence-corrected chi connectivity index (χ4v) is 3.06. The predicted molar refractivity (Wildman–Crippen MR) is 108 cm³/mol. The smallest absolute Gasteiger partial charge is 0.333 e. The second-order valence-corrected chi connectivity index (χ2v) is 8.08. The first-order valence-electron chi connectivity index (χ1n) is 9.47. The quantitative estimate of drug-likeness (QED) is 0.404. The van der Waals surface area contributed by atoms with Crippen molar-refractivity contribution in [3.05, 3.63) is 52.6 Å². The molecule has 154 valence electrons. The molecule has 1 N–H and O–H groups in total. The molecule has 1 aromatic rings. The van der Waals surface area contributed by atoms with Crippen molar-refractivity contribution in [1.82, 2.24) is 0 Å². The third-order valence-corrected chi connectivity index (χ3v) is 4.71. The van der Waals surface area contributed by atoms with Gasteiger partial charge in [0.1, 0.15) is 11.5 Å². The average molecular weight is 398 g/mol. The van der Waals surface area contributed by atoms with Crippen molar-refractivity contribution in [2.75, 3.05) is 6.61 Å². The summed E-state index contributed by atoms with van der Waals surface area (Å²) < 4.78 is 5.34. The predicted octanol–water partition coefficient (Wildman–Crippen LogP) is 4.00. The van der Waals surface area contributed by atoms with E-state index in [9.17, 15) is 24.3 Å². The topological polar surface area (TPSA) is 97.7 Å². The molecule has 29 heavy (non-hydrogen) atoms. The molecule has 0 heterocycles. The van der Waals surface area contributed by atoms with E-state index in [1.54, 1.807) is 45.0 Å². The van der Waals surface area contributed by atoms with E-state index in [0.29, 0.717) is 24.0 Å². The van der Waals surface area contributed by atoms with Crippen molar-refractivity contribution in [3.63, 3.8) is 0 Å². The number of aliphatic hydroxyl groups is 1. The lowest BCUT2D eigenvalue weighted by atomic mass is 9.79. The molecule has 6 nitrogen and oxygen atoms in total. The van der Waals surface area contributed by atoms with Crippen LogP contribution in [0.5, 0.6) is 0 Å². The lowest BCUT2D eigenvalue weighted by Crippen LogP contribution is -2.30. The molecule has 0 aromatic heterocycles. The molecule has 0 amide bonds. The van der Waals surface area contributed by atoms with E-state index < -0.39 is 23.0 Å². The third-order valence-electron chi connectivity index (χ3n) is 4.71. The Hall–Kier alpha value is -3.02. The second-order valence-electron chi connectivity index (χ2n) is 8.08. The van der Waals surface area contributed by atoms with Crippen LogP contribution in [-0.4, -0.2) is 35.0 Å². The van der Waals surface area contributed by atoms with Crippen LogP contribution in [0.3, 0.4) is 0 Å². The van der Waals surface area contributed by atoms with Crippen LogP contribution in [-0.2, 0) is 19.1 Å². The van der Waals surface area contributed by atoms with Gasteiger partial charge in [0.15, 0.2) is 0 Å². The summed E-state index contributed by atoms with van der Waals surface area (Å²) in [4.78, 5) is 48.0. The highest BCUT2D eigenvalue weighted by Crippen LogP contribution is 2.35. The number of allylic oxidation sites excluding steroid dienone is 2. The molecule has 0 atom stereocenters. The summed E-state index contributed by atoms with van der Waals surface area (Å²) in [6.45, 7) is 6.68. The molecule has 1 aliphatic rings. The van der Waals surface area contributed by atoms with Gasteiger partial charge in [-0.1, -0.05) is 44.2 Å². The summed E-state index contributed by atoms with van der Waals surface area (Å²) in [5.41, 5.74) is 0.282. The van der Waals surface area contributed by atoms with Crippen LogP contribution in [0.2, 0.25) is 0 Å². The van der Waals surface area contributed by atoms with Crippen molar-refractivity contribution < 1.29 is 29.0 Å². The first-order valence-corrected chi connectivity index (χ1v) is 9.47. The van der Waals surface area contributed by atoms with E-state index in [2.05, 4.69) is 0 Å². The van der Waals surface area contributed by atoms with Crippen molar-refractivity contribution in [3.8, 4) is 0 Å². The Balaban J connectivity index is 2.09. The average Bonchev–Trinajstić information content (AvgIpc) is 2.67. The Morgan fingerprint density at radius 3 is 2.31 bits per heavy atom. The van der Waals surface area contributed by atoms with Crippen molar-refractivity contribution in [1.29, 1.82) is 0 Å². The number of Topliss-reactive ketones (excluding diaryl/α,β-unsaturated/α-hetero) is 3. The minimum absolute atomic E-state index is 0.00359. The molecule has 0 saturated heterocycles. The molecule has 0 radical (unpaired) electrons. The van der Waals surface area contributed by atoms with E-state index in [1.807, 2.05) is 0 Å². The van der Waals surface area contributed by atoms with E-state index in [-0.39, 0.29) is 35.7 Å². The van der Waals surface area contributed by atoms with E-state index >= 15 is 0 Å². The second kappa shape index (κ2) is 8.99. The normalized spacial score (nSPS) is 14.7. The number of carbonyl (C=O) groups excluding carboxylic acids is 4. The Bertz CT molecular complexity index is 917. The van der Waals surface area contributed by atoms with Crippen LogP contribution in [0.25, 0.3) is 5.76 Å². The Labute approximate surface area is 170 Å². The zero-order valence-corrected chi connectivity index (χ0v) is 17.2. The highest BCUT2D eigenvalue weighted by molar-refractivity contribution is 6.52. The molecule has 6 heteroatoms. The lowest BCUT2D eigenvalue weighted by molar-refractivity contribution is -0.142. The highest BCUT2D eigenvalue weighted by atomic mass is 16.5. The van der Waals surface area contributed by atoms with Gasteiger partial charge >= 0.3 is 5.97 Å². The Morgan fingerprint density at radius 2 is 1.69 bits per heavy atom. The molecular formula is C23H26O6. The summed E-state index contributed by atoms with van der Waals surface area (Å²) in [5.74, 6) is -2.04. The van der Waals surface area contributed by atoms with Gasteiger partial charge in [0, 0.05) is 34.1 Å².